The van der Waals surface area contributed by atoms with Crippen LogP contribution in [-0.4, -0.2) is 521 Å². The molecule has 0 aromatic carbocycles. The molecule has 9 saturated heterocycles. The summed E-state index contributed by atoms with van der Waals surface area (Å²) in [4.78, 5) is 76.0. The summed E-state index contributed by atoms with van der Waals surface area (Å²) >= 11 is 0. The number of rotatable bonds is 34. The first kappa shape index (κ1) is 101. The molecule has 0 unspecified atom stereocenters. The minimum Gasteiger partial charge on any atom is -0.477 e. The number of aliphatic carboxylic acids is 1. The fourth-order valence-corrected chi connectivity index (χ4v) is 15.4. The van der Waals surface area contributed by atoms with Crippen molar-refractivity contribution in [3.8, 4) is 0 Å². The fraction of sp³-hybridized carbons (Fsp3) is 0.910. The second-order valence-electron chi connectivity index (χ2n) is 30.4. The van der Waals surface area contributed by atoms with Gasteiger partial charge in [0.05, 0.1) is 71.6 Å². The van der Waals surface area contributed by atoms with Crippen molar-refractivity contribution in [3.63, 3.8) is 0 Å². The standard InChI is InChI=1S/C67H111N5O50/c1-16(81)68-32-43(95)51(25(10-77)108-58(32)103)116-60-34(70-18(3)83)44(96)53(27(12-79)112-60)118-63-50(102)55(119-65-57(48(100)39(91)24(9-76)111-65)121-59-33(69-17(2)82)42(94)37(89)22(7-74)109-59)41(93)28(114-63)14-106-64-56(47(99)38(90)23(8-75)110-64)120-61-35(71-19(4)84)45(97)52(26(11-78)113-61)117-62-49(101)46(98)40(92)29(115-62)15-107-67(66(104)105)5-20(85)31(72-30(87)13-80)54(122-67)36(88)21(86)6-73/h20-29,31-65,73-80,85-86,88-103H,5-15H2,1-4H3,(H,68,81)(H,69,82)(H,70,83)(H,71,84)(H,72,87)(H,104,105)/t20-,21+,22+,23+,24+,25+,26+,27+,28+,29+,31+,32+,33+,34+,35+,36+,37+,38+,39+,40-,41+,42+,43+,44+,45+,46-,47-,48-,49+,50-,51+,52+,53+,54+,55-,56-,57-,58+,59-,60-,61-,62-,63-,64-,65+,67+/m0/s1. The smallest absolute Gasteiger partial charge is 0.364 e. The maximum Gasteiger partial charge on any atom is 0.364 e. The number of ether oxygens (including phenoxy) is 17. The highest BCUT2D eigenvalue weighted by molar-refractivity contribution is 5.78. The minimum atomic E-state index is -3.14. The molecule has 5 amide bonds. The maximum absolute atomic E-state index is 13.1. The molecule has 704 valence electrons. The molecule has 0 saturated carbocycles. The van der Waals surface area contributed by atoms with Gasteiger partial charge in [-0.25, -0.2) is 4.79 Å². The molecular weight excluding hydrogens is 1670 g/mol. The fourth-order valence-electron chi connectivity index (χ4n) is 15.4. The van der Waals surface area contributed by atoms with E-state index < -0.39 is 390 Å². The van der Waals surface area contributed by atoms with Gasteiger partial charge in [-0.05, 0) is 0 Å². The van der Waals surface area contributed by atoms with Crippen molar-refractivity contribution in [2.24, 2.45) is 0 Å². The Balaban J connectivity index is 1.01. The lowest BCUT2D eigenvalue weighted by Crippen LogP contribution is -2.70. The van der Waals surface area contributed by atoms with E-state index in [1.54, 1.807) is 0 Å². The van der Waals surface area contributed by atoms with Gasteiger partial charge in [-0.15, -0.1) is 0 Å². The van der Waals surface area contributed by atoms with E-state index in [1.807, 2.05) is 0 Å². The largest absolute Gasteiger partial charge is 0.477 e. The lowest BCUT2D eigenvalue weighted by atomic mass is 9.88. The summed E-state index contributed by atoms with van der Waals surface area (Å²) in [5.74, 6) is -10.1. The molecular formula is C67H111N5O50. The first-order chi connectivity index (χ1) is 57.6. The van der Waals surface area contributed by atoms with Crippen LogP contribution in [0.15, 0.2) is 0 Å². The molecule has 122 heavy (non-hydrogen) atoms. The zero-order chi connectivity index (χ0) is 90.3. The number of aliphatic hydroxyl groups is 26. The van der Waals surface area contributed by atoms with Crippen molar-refractivity contribution in [2.45, 2.75) is 316 Å². The van der Waals surface area contributed by atoms with Crippen LogP contribution in [0.1, 0.15) is 34.1 Å². The van der Waals surface area contributed by atoms with Crippen molar-refractivity contribution in [1.29, 1.82) is 0 Å². The van der Waals surface area contributed by atoms with Crippen LogP contribution in [0.4, 0.5) is 0 Å². The summed E-state index contributed by atoms with van der Waals surface area (Å²) in [5.41, 5.74) is 0. The van der Waals surface area contributed by atoms with Crippen LogP contribution in [0.2, 0.25) is 0 Å². The summed E-state index contributed by atoms with van der Waals surface area (Å²) in [6, 6.07) is -9.29. The van der Waals surface area contributed by atoms with E-state index in [9.17, 15) is 167 Å². The van der Waals surface area contributed by atoms with E-state index in [1.165, 1.54) is 0 Å². The Hall–Kier alpha value is -4.90. The van der Waals surface area contributed by atoms with Gasteiger partial charge in [-0.3, -0.25) is 24.0 Å². The Morgan fingerprint density at radius 3 is 1.16 bits per heavy atom. The predicted molar refractivity (Wildman–Crippen MR) is 374 cm³/mol. The van der Waals surface area contributed by atoms with Crippen LogP contribution in [0.3, 0.4) is 0 Å². The van der Waals surface area contributed by atoms with Crippen LogP contribution < -0.4 is 26.6 Å². The van der Waals surface area contributed by atoms with E-state index in [0.717, 1.165) is 27.7 Å². The highest BCUT2D eigenvalue weighted by atomic mass is 16.8. The number of nitrogens with one attached hydrogen (secondary N) is 5. The van der Waals surface area contributed by atoms with Crippen molar-refractivity contribution in [1.82, 2.24) is 26.6 Å². The minimum absolute atomic E-state index is 0.797. The van der Waals surface area contributed by atoms with E-state index in [4.69, 9.17) is 80.5 Å². The average molecular weight is 1790 g/mol. The van der Waals surface area contributed by atoms with Gasteiger partial charge in [0, 0.05) is 34.1 Å². The molecule has 9 rings (SSSR count). The molecule has 0 radical (unpaired) electrons. The van der Waals surface area contributed by atoms with Gasteiger partial charge in [0.2, 0.25) is 29.5 Å². The number of carbonyl (C=O) groups excluding carboxylic acids is 5. The molecule has 55 heteroatoms. The van der Waals surface area contributed by atoms with Gasteiger partial charge in [0.15, 0.2) is 50.3 Å². The SMILES string of the molecule is CC(=O)N[C@@H]1[C@@H](O)[C@H](O[C@@H]2O[C@H](CO)[C@@H](O[C@@H]3O[C@H](CO[C@H]4O[C@H](CO)[C@@H](O)[C@H](O)[C@@H]4O[C@@H]4O[C@H](CO)[C@@H](O[C@@H]5O[C@H](CO[C@]6(C(=O)O)C[C@H](O)[C@@H](NC(=O)CO)[C@H]([C@H](O)[C@H](O)CO)O6)[C@H](O)[C@H](O)[C@H]5O)[C@H](O)[C@H]4NC(C)=O)[C@@H](O)[C@H](O[C@H]4O[C@H](CO)[C@@H](O)[C@H](O)[C@@H]4O[C@@H]4O[C@H](CO)[C@@H](O)[C@H](O)[C@H]4NC(C)=O)[C@@H]3O)[C@H](O)[C@H]2NC(C)=O)[C@@H](CO)O[C@H]1O. The van der Waals surface area contributed by atoms with Gasteiger partial charge in [-0.1, -0.05) is 0 Å². The molecule has 9 fully saturated rings. The van der Waals surface area contributed by atoms with Crippen LogP contribution in [0, 0.1) is 0 Å². The monoisotopic (exact) mass is 1790 g/mol. The molecule has 0 aliphatic carbocycles. The molecule has 9 aliphatic heterocycles. The third-order valence-corrected chi connectivity index (χ3v) is 21.8. The van der Waals surface area contributed by atoms with Crippen molar-refractivity contribution >= 4 is 35.5 Å². The van der Waals surface area contributed by atoms with Crippen LogP contribution in [0.25, 0.3) is 0 Å². The quantitative estimate of drug-likeness (QED) is 0.0284. The Kier molecular flexibility index (Phi) is 36.3. The topological polar surface area (TPSA) is 866 Å². The van der Waals surface area contributed by atoms with Crippen molar-refractivity contribution < 1.29 is 247 Å². The lowest BCUT2D eigenvalue weighted by molar-refractivity contribution is -0.396. The van der Waals surface area contributed by atoms with E-state index in [2.05, 4.69) is 26.6 Å². The summed E-state index contributed by atoms with van der Waals surface area (Å²) in [7, 11) is 0. The number of carboxylic acid groups (broad SMARTS) is 1. The van der Waals surface area contributed by atoms with E-state index >= 15 is 0 Å². The Bertz CT molecular complexity index is 3360. The first-order valence-electron chi connectivity index (χ1n) is 38.4. The van der Waals surface area contributed by atoms with Gasteiger partial charge in [-0.2, -0.15) is 0 Å². The van der Waals surface area contributed by atoms with E-state index in [-0.39, 0.29) is 0 Å². The number of hydrogen-bond donors (Lipinski definition) is 32. The zero-order valence-corrected chi connectivity index (χ0v) is 65.2. The molecule has 0 aromatic rings. The number of carboxylic acids is 1. The molecule has 0 bridgehead atoms. The summed E-state index contributed by atoms with van der Waals surface area (Å²) in [6.07, 6.45) is -87.9. The molecule has 32 N–H and O–H groups in total. The highest BCUT2D eigenvalue weighted by Crippen LogP contribution is 2.41. The summed E-state index contributed by atoms with van der Waals surface area (Å²) < 4.78 is 100. The summed E-state index contributed by atoms with van der Waals surface area (Å²) in [6.45, 7) is -7.97. The van der Waals surface area contributed by atoms with E-state index in [0.29, 0.717) is 0 Å². The number of carbonyl (C=O) groups is 6. The third kappa shape index (κ3) is 22.5. The average Bonchev–Trinajstić information content (AvgIpc) is 0.773. The number of aliphatic hydroxyl groups excluding tert-OH is 26. The van der Waals surface area contributed by atoms with Gasteiger partial charge >= 0.3 is 5.97 Å². The van der Waals surface area contributed by atoms with Crippen molar-refractivity contribution in [2.75, 3.05) is 66.1 Å². The summed E-state index contributed by atoms with van der Waals surface area (Å²) in [5, 5.41) is 311. The van der Waals surface area contributed by atoms with Crippen LogP contribution >= 0.6 is 0 Å². The lowest BCUT2D eigenvalue weighted by Gasteiger charge is -2.51. The zero-order valence-electron chi connectivity index (χ0n) is 65.2. The first-order valence-corrected chi connectivity index (χ1v) is 38.4. The second-order valence-corrected chi connectivity index (χ2v) is 30.4. The Morgan fingerprint density at radius 2 is 0.713 bits per heavy atom. The van der Waals surface area contributed by atoms with Crippen molar-refractivity contribution in [3.05, 3.63) is 0 Å². The van der Waals surface area contributed by atoms with Crippen LogP contribution in [0.5, 0.6) is 0 Å². The Morgan fingerprint density at radius 1 is 0.352 bits per heavy atom. The van der Waals surface area contributed by atoms with Gasteiger partial charge in [0.1, 0.15) is 220 Å². The third-order valence-electron chi connectivity index (χ3n) is 21.8. The molecule has 55 nitrogen and oxygen atoms in total. The molecule has 0 aromatic heterocycles. The Labute approximate surface area is 689 Å². The molecule has 9 aliphatic rings. The predicted octanol–water partition coefficient (Wildman–Crippen LogP) is -21.7. The van der Waals surface area contributed by atoms with Gasteiger partial charge in [0.25, 0.3) is 5.79 Å². The molecule has 9 heterocycles. The maximum atomic E-state index is 13.1. The molecule has 0 spiro atoms. The van der Waals surface area contributed by atoms with Crippen LogP contribution in [-0.2, 0) is 109 Å². The number of hydrogen-bond acceptors (Lipinski definition) is 49. The normalized spacial score (nSPS) is 46.3. The van der Waals surface area contributed by atoms with Gasteiger partial charge < -0.3 is 245 Å². The second kappa shape index (κ2) is 43.9. The number of amides is 5. The highest BCUT2D eigenvalue weighted by Gasteiger charge is 2.62. The molecule has 46 atom stereocenters.